The van der Waals surface area contributed by atoms with Gasteiger partial charge in [-0.15, -0.1) is 0 Å². The minimum atomic E-state index is -4.50. The Kier molecular flexibility index (Phi) is 5.53. The number of nitrogens with one attached hydrogen (secondary N) is 1. The van der Waals surface area contributed by atoms with Gasteiger partial charge in [0, 0.05) is 30.8 Å². The fourth-order valence-electron chi connectivity index (χ4n) is 3.75. The van der Waals surface area contributed by atoms with Crippen LogP contribution in [0.4, 0.5) is 24.7 Å². The summed E-state index contributed by atoms with van der Waals surface area (Å²) >= 11 is 0. The van der Waals surface area contributed by atoms with Crippen LogP contribution in [0.25, 0.3) is 0 Å². The highest BCUT2D eigenvalue weighted by Gasteiger charge is 2.33. The molecule has 1 aliphatic carbocycles. The lowest BCUT2D eigenvalue weighted by Crippen LogP contribution is -2.41. The van der Waals surface area contributed by atoms with Gasteiger partial charge >= 0.3 is 6.18 Å². The van der Waals surface area contributed by atoms with Gasteiger partial charge in [-0.3, -0.25) is 4.79 Å². The molecule has 160 valence electrons. The molecule has 0 unspecified atom stereocenters. The van der Waals surface area contributed by atoms with Gasteiger partial charge in [-0.05, 0) is 43.9 Å². The Morgan fingerprint density at radius 3 is 2.70 bits per heavy atom. The minimum absolute atomic E-state index is 0.0208. The first-order valence-electron chi connectivity index (χ1n) is 9.98. The lowest BCUT2D eigenvalue weighted by molar-refractivity contribution is -0.137. The molecule has 0 bridgehead atoms. The lowest BCUT2D eigenvalue weighted by atomic mass is 9.96. The third kappa shape index (κ3) is 4.49. The van der Waals surface area contributed by atoms with Gasteiger partial charge < -0.3 is 15.0 Å². The van der Waals surface area contributed by atoms with E-state index in [-0.39, 0.29) is 23.3 Å². The number of benzene rings is 1. The highest BCUT2D eigenvalue weighted by atomic mass is 19.4. The van der Waals surface area contributed by atoms with Crippen LogP contribution in [0, 0.1) is 5.92 Å². The smallest absolute Gasteiger partial charge is 0.416 e. The SMILES string of the molecule is COc1ccc(C(F)(F)F)cc1NC(=O)[C@@H]1CCCN(c2cc(C3CC3)ncn2)C1. The van der Waals surface area contributed by atoms with Crippen LogP contribution >= 0.6 is 0 Å². The highest BCUT2D eigenvalue weighted by Crippen LogP contribution is 2.40. The molecular formula is C21H23F3N4O2. The first kappa shape index (κ1) is 20.4. The maximum Gasteiger partial charge on any atom is 0.416 e. The van der Waals surface area contributed by atoms with Gasteiger partial charge in [-0.25, -0.2) is 9.97 Å². The summed E-state index contributed by atoms with van der Waals surface area (Å²) in [5.41, 5.74) is 0.213. The van der Waals surface area contributed by atoms with Crippen molar-refractivity contribution in [3.8, 4) is 5.75 Å². The van der Waals surface area contributed by atoms with Crippen LogP contribution in [-0.4, -0.2) is 36.1 Å². The molecule has 1 saturated carbocycles. The van der Waals surface area contributed by atoms with E-state index in [0.717, 1.165) is 49.5 Å². The van der Waals surface area contributed by atoms with E-state index in [0.29, 0.717) is 18.9 Å². The van der Waals surface area contributed by atoms with Crippen LogP contribution in [0.5, 0.6) is 5.75 Å². The molecule has 1 amide bonds. The van der Waals surface area contributed by atoms with Crippen molar-refractivity contribution in [1.29, 1.82) is 0 Å². The topological polar surface area (TPSA) is 67.3 Å². The van der Waals surface area contributed by atoms with Crippen molar-refractivity contribution < 1.29 is 22.7 Å². The number of ether oxygens (including phenoxy) is 1. The van der Waals surface area contributed by atoms with Crippen LogP contribution in [0.2, 0.25) is 0 Å². The van der Waals surface area contributed by atoms with E-state index in [9.17, 15) is 18.0 Å². The molecular weight excluding hydrogens is 397 g/mol. The van der Waals surface area contributed by atoms with E-state index in [4.69, 9.17) is 4.74 Å². The molecule has 4 rings (SSSR count). The number of alkyl halides is 3. The molecule has 1 aromatic heterocycles. The molecule has 1 saturated heterocycles. The number of aromatic nitrogens is 2. The zero-order valence-electron chi connectivity index (χ0n) is 16.6. The van der Waals surface area contributed by atoms with Crippen LogP contribution in [0.3, 0.4) is 0 Å². The molecule has 0 spiro atoms. The minimum Gasteiger partial charge on any atom is -0.495 e. The van der Waals surface area contributed by atoms with E-state index in [2.05, 4.69) is 15.3 Å². The maximum absolute atomic E-state index is 13.1. The summed E-state index contributed by atoms with van der Waals surface area (Å²) in [5.74, 6) is 0.796. The van der Waals surface area contributed by atoms with Gasteiger partial charge in [-0.2, -0.15) is 13.2 Å². The van der Waals surface area contributed by atoms with E-state index < -0.39 is 11.7 Å². The molecule has 0 radical (unpaired) electrons. The normalized spacial score (nSPS) is 19.5. The van der Waals surface area contributed by atoms with Gasteiger partial charge in [0.25, 0.3) is 0 Å². The van der Waals surface area contributed by atoms with Crippen molar-refractivity contribution in [3.05, 3.63) is 41.9 Å². The van der Waals surface area contributed by atoms with E-state index >= 15 is 0 Å². The van der Waals surface area contributed by atoms with Crippen LogP contribution in [0.15, 0.2) is 30.6 Å². The second-order valence-electron chi connectivity index (χ2n) is 7.76. The number of hydrogen-bond donors (Lipinski definition) is 1. The predicted octanol–water partition coefficient (Wildman–Crippen LogP) is 4.24. The molecule has 2 aromatic rings. The second kappa shape index (κ2) is 8.12. The molecule has 1 aromatic carbocycles. The van der Waals surface area contributed by atoms with Gasteiger partial charge in [-0.1, -0.05) is 0 Å². The van der Waals surface area contributed by atoms with Crippen molar-refractivity contribution in [2.75, 3.05) is 30.4 Å². The van der Waals surface area contributed by atoms with Crippen molar-refractivity contribution in [3.63, 3.8) is 0 Å². The molecule has 6 nitrogen and oxygen atoms in total. The summed E-state index contributed by atoms with van der Waals surface area (Å²) in [6.45, 7) is 1.23. The molecule has 1 aliphatic heterocycles. The Balaban J connectivity index is 1.48. The average Bonchev–Trinajstić information content (AvgIpc) is 3.59. The van der Waals surface area contributed by atoms with Gasteiger partial charge in [0.15, 0.2) is 0 Å². The van der Waals surface area contributed by atoms with E-state index in [1.54, 1.807) is 6.33 Å². The van der Waals surface area contributed by atoms with Crippen LogP contribution in [-0.2, 0) is 11.0 Å². The maximum atomic E-state index is 13.1. The first-order chi connectivity index (χ1) is 14.3. The number of nitrogens with zero attached hydrogens (tertiary/aromatic N) is 3. The number of methoxy groups -OCH3 is 1. The standard InChI is InChI=1S/C21H23F3N4O2/c1-30-18-7-6-15(21(22,23)24)9-17(18)27-20(29)14-3-2-8-28(11-14)19-10-16(13-4-5-13)25-12-26-19/h6-7,9-10,12-14H,2-5,8,11H2,1H3,(H,27,29)/t14-/m1/s1. The monoisotopic (exact) mass is 420 g/mol. The molecule has 1 atom stereocenters. The van der Waals surface area contributed by atoms with Gasteiger partial charge in [0.05, 0.1) is 24.3 Å². The summed E-state index contributed by atoms with van der Waals surface area (Å²) < 4.78 is 44.3. The number of amides is 1. The summed E-state index contributed by atoms with van der Waals surface area (Å²) in [6.07, 6.45) is 0.783. The van der Waals surface area contributed by atoms with Crippen molar-refractivity contribution in [2.24, 2.45) is 5.92 Å². The molecule has 30 heavy (non-hydrogen) atoms. The Morgan fingerprint density at radius 1 is 1.20 bits per heavy atom. The van der Waals surface area contributed by atoms with Crippen molar-refractivity contribution in [2.45, 2.75) is 37.8 Å². The second-order valence-corrected chi connectivity index (χ2v) is 7.76. The quantitative estimate of drug-likeness (QED) is 0.784. The summed E-state index contributed by atoms with van der Waals surface area (Å²) in [7, 11) is 1.35. The summed E-state index contributed by atoms with van der Waals surface area (Å²) in [4.78, 5) is 23.6. The molecule has 2 fully saturated rings. The first-order valence-corrected chi connectivity index (χ1v) is 9.98. The summed E-state index contributed by atoms with van der Waals surface area (Å²) in [6, 6.07) is 5.03. The Labute approximate surface area is 172 Å². The zero-order valence-corrected chi connectivity index (χ0v) is 16.6. The Morgan fingerprint density at radius 2 is 2.00 bits per heavy atom. The van der Waals surface area contributed by atoms with Crippen LogP contribution in [0.1, 0.15) is 42.9 Å². The molecule has 2 aliphatic rings. The third-order valence-corrected chi connectivity index (χ3v) is 5.57. The number of piperidine rings is 1. The third-order valence-electron chi connectivity index (χ3n) is 5.57. The molecule has 2 heterocycles. The number of hydrogen-bond acceptors (Lipinski definition) is 5. The lowest BCUT2D eigenvalue weighted by Gasteiger charge is -2.33. The Hall–Kier alpha value is -2.84. The van der Waals surface area contributed by atoms with E-state index in [1.165, 1.54) is 13.2 Å². The molecule has 9 heteroatoms. The fraction of sp³-hybridized carbons (Fsp3) is 0.476. The number of carbonyl (C=O) groups excluding carboxylic acids is 1. The number of anilines is 2. The number of rotatable bonds is 5. The molecule has 1 N–H and O–H groups in total. The average molecular weight is 420 g/mol. The number of halogens is 3. The highest BCUT2D eigenvalue weighted by molar-refractivity contribution is 5.94. The Bertz CT molecular complexity index is 931. The number of carbonyl (C=O) groups is 1. The summed E-state index contributed by atoms with van der Waals surface area (Å²) in [5, 5.41) is 2.63. The van der Waals surface area contributed by atoms with Crippen molar-refractivity contribution >= 4 is 17.4 Å². The van der Waals surface area contributed by atoms with Crippen molar-refractivity contribution in [1.82, 2.24) is 9.97 Å². The van der Waals surface area contributed by atoms with Crippen LogP contribution < -0.4 is 15.0 Å². The fourth-order valence-corrected chi connectivity index (χ4v) is 3.75. The largest absolute Gasteiger partial charge is 0.495 e. The van der Waals surface area contributed by atoms with Gasteiger partial charge in [0.1, 0.15) is 17.9 Å². The zero-order chi connectivity index (χ0) is 21.3. The van der Waals surface area contributed by atoms with Gasteiger partial charge in [0.2, 0.25) is 5.91 Å². The predicted molar refractivity (Wildman–Crippen MR) is 106 cm³/mol. The van der Waals surface area contributed by atoms with E-state index in [1.807, 2.05) is 11.0 Å².